The first kappa shape index (κ1) is 20.2. The third kappa shape index (κ3) is 5.08. The van der Waals surface area contributed by atoms with E-state index in [1.54, 1.807) is 11.3 Å². The SMILES string of the molecule is C=C(c1cc2ccccc2s1)[C@H](CC1C=CC=CC1)NC(=O)OCc1ccccc1. The third-order valence-corrected chi connectivity index (χ3v) is 6.47. The van der Waals surface area contributed by atoms with Crippen molar-refractivity contribution >= 4 is 33.1 Å². The van der Waals surface area contributed by atoms with Crippen molar-refractivity contribution in [1.29, 1.82) is 0 Å². The van der Waals surface area contributed by atoms with Crippen LogP contribution in [0.3, 0.4) is 0 Å². The number of benzene rings is 2. The summed E-state index contributed by atoms with van der Waals surface area (Å²) in [7, 11) is 0. The quantitative estimate of drug-likeness (QED) is 0.464. The van der Waals surface area contributed by atoms with Crippen LogP contribution in [-0.4, -0.2) is 12.1 Å². The molecule has 0 fully saturated rings. The van der Waals surface area contributed by atoms with E-state index in [9.17, 15) is 4.79 Å². The molecule has 2 aromatic carbocycles. The molecule has 1 aliphatic rings. The Kier molecular flexibility index (Phi) is 6.45. The van der Waals surface area contributed by atoms with Crippen LogP contribution in [-0.2, 0) is 11.3 Å². The van der Waals surface area contributed by atoms with Gasteiger partial charge in [-0.2, -0.15) is 0 Å². The minimum atomic E-state index is -0.415. The minimum absolute atomic E-state index is 0.192. The smallest absolute Gasteiger partial charge is 0.407 e. The summed E-state index contributed by atoms with van der Waals surface area (Å²) in [5, 5.41) is 4.26. The van der Waals surface area contributed by atoms with Crippen molar-refractivity contribution in [3.63, 3.8) is 0 Å². The van der Waals surface area contributed by atoms with Crippen molar-refractivity contribution in [3.05, 3.63) is 102 Å². The number of fused-ring (bicyclic) bond motifs is 1. The molecule has 4 rings (SSSR count). The Hall–Kier alpha value is -3.11. The van der Waals surface area contributed by atoms with Gasteiger partial charge in [-0.25, -0.2) is 4.79 Å². The van der Waals surface area contributed by atoms with Gasteiger partial charge in [-0.15, -0.1) is 11.3 Å². The fourth-order valence-corrected chi connectivity index (χ4v) is 4.70. The number of nitrogens with one attached hydrogen (secondary N) is 1. The molecule has 4 heteroatoms. The van der Waals surface area contributed by atoms with E-state index in [0.717, 1.165) is 28.9 Å². The number of hydrogen-bond donors (Lipinski definition) is 1. The van der Waals surface area contributed by atoms with E-state index in [2.05, 4.69) is 54.4 Å². The molecule has 1 aliphatic carbocycles. The van der Waals surface area contributed by atoms with Crippen molar-refractivity contribution in [2.75, 3.05) is 0 Å². The van der Waals surface area contributed by atoms with Crippen LogP contribution in [0.4, 0.5) is 4.79 Å². The molecule has 1 unspecified atom stereocenters. The summed E-state index contributed by atoms with van der Waals surface area (Å²) in [6.45, 7) is 4.61. The number of allylic oxidation sites excluding steroid dienone is 4. The molecule has 152 valence electrons. The lowest BCUT2D eigenvalue weighted by Gasteiger charge is -2.24. The van der Waals surface area contributed by atoms with Gasteiger partial charge in [0.1, 0.15) is 6.61 Å². The highest BCUT2D eigenvalue weighted by molar-refractivity contribution is 7.20. The van der Waals surface area contributed by atoms with Gasteiger partial charge in [0.05, 0.1) is 6.04 Å². The summed E-state index contributed by atoms with van der Waals surface area (Å²) in [6, 6.07) is 20.0. The molecule has 0 saturated heterocycles. The van der Waals surface area contributed by atoms with Crippen LogP contribution in [0, 0.1) is 5.92 Å². The van der Waals surface area contributed by atoms with E-state index in [1.165, 1.54) is 10.1 Å². The first-order valence-corrected chi connectivity index (χ1v) is 11.0. The Balaban J connectivity index is 1.48. The van der Waals surface area contributed by atoms with Gasteiger partial charge in [-0.05, 0) is 47.4 Å². The zero-order chi connectivity index (χ0) is 20.8. The normalized spacial score (nSPS) is 16.3. The average Bonchev–Trinajstić information content (AvgIpc) is 3.22. The van der Waals surface area contributed by atoms with Crippen molar-refractivity contribution < 1.29 is 9.53 Å². The Labute approximate surface area is 181 Å². The number of amides is 1. The molecule has 1 amide bonds. The third-order valence-electron chi connectivity index (χ3n) is 5.28. The summed E-state index contributed by atoms with van der Waals surface area (Å²) >= 11 is 1.71. The zero-order valence-electron chi connectivity index (χ0n) is 16.8. The number of thiophene rings is 1. The topological polar surface area (TPSA) is 38.3 Å². The van der Waals surface area contributed by atoms with Gasteiger partial charge in [0.15, 0.2) is 0 Å². The van der Waals surface area contributed by atoms with Crippen LogP contribution < -0.4 is 5.32 Å². The first-order chi connectivity index (χ1) is 14.7. The van der Waals surface area contributed by atoms with Crippen LogP contribution in [0.2, 0.25) is 0 Å². The molecule has 0 aliphatic heterocycles. The molecule has 3 nitrogen and oxygen atoms in total. The second-order valence-electron chi connectivity index (χ2n) is 7.48. The maximum absolute atomic E-state index is 12.6. The summed E-state index contributed by atoms with van der Waals surface area (Å²) in [4.78, 5) is 13.7. The number of carbonyl (C=O) groups excluding carboxylic acids is 1. The molecule has 0 radical (unpaired) electrons. The fraction of sp³-hybridized carbons (Fsp3) is 0.192. The van der Waals surface area contributed by atoms with Gasteiger partial charge < -0.3 is 10.1 Å². The summed E-state index contributed by atoms with van der Waals surface area (Å²) < 4.78 is 6.69. The van der Waals surface area contributed by atoms with Crippen LogP contribution in [0.1, 0.15) is 23.3 Å². The predicted molar refractivity (Wildman–Crippen MR) is 125 cm³/mol. The number of hydrogen-bond acceptors (Lipinski definition) is 3. The summed E-state index contributed by atoms with van der Waals surface area (Å²) in [5.41, 5.74) is 1.89. The van der Waals surface area contributed by atoms with E-state index in [-0.39, 0.29) is 12.6 Å². The first-order valence-electron chi connectivity index (χ1n) is 10.2. The lowest BCUT2D eigenvalue weighted by molar-refractivity contribution is 0.137. The monoisotopic (exact) mass is 415 g/mol. The van der Waals surface area contributed by atoms with Gasteiger partial charge >= 0.3 is 6.09 Å². The van der Waals surface area contributed by atoms with E-state index in [4.69, 9.17) is 4.74 Å². The Morgan fingerprint density at radius 2 is 1.93 bits per heavy atom. The van der Waals surface area contributed by atoms with Crippen LogP contribution in [0.25, 0.3) is 15.7 Å². The van der Waals surface area contributed by atoms with Crippen LogP contribution >= 0.6 is 11.3 Å². The van der Waals surface area contributed by atoms with Gasteiger partial charge in [-0.1, -0.05) is 79.4 Å². The molecular formula is C26H25NO2S. The van der Waals surface area contributed by atoms with Crippen LogP contribution in [0.5, 0.6) is 0 Å². The molecule has 1 N–H and O–H groups in total. The lowest BCUT2D eigenvalue weighted by Crippen LogP contribution is -2.37. The van der Waals surface area contributed by atoms with E-state index >= 15 is 0 Å². The van der Waals surface area contributed by atoms with E-state index in [0.29, 0.717) is 5.92 Å². The highest BCUT2D eigenvalue weighted by Crippen LogP contribution is 2.33. The van der Waals surface area contributed by atoms with Gasteiger partial charge in [0, 0.05) is 9.58 Å². The molecular weight excluding hydrogens is 390 g/mol. The molecule has 30 heavy (non-hydrogen) atoms. The average molecular weight is 416 g/mol. The fourth-order valence-electron chi connectivity index (χ4n) is 3.62. The maximum atomic E-state index is 12.6. The largest absolute Gasteiger partial charge is 0.445 e. The summed E-state index contributed by atoms with van der Waals surface area (Å²) in [6.07, 6.45) is 9.83. The highest BCUT2D eigenvalue weighted by atomic mass is 32.1. The number of alkyl carbamates (subject to hydrolysis) is 1. The zero-order valence-corrected chi connectivity index (χ0v) is 17.6. The van der Waals surface area contributed by atoms with E-state index < -0.39 is 6.09 Å². The lowest BCUT2D eigenvalue weighted by atomic mass is 9.90. The van der Waals surface area contributed by atoms with Gasteiger partial charge in [0.25, 0.3) is 0 Å². The molecule has 1 heterocycles. The standard InChI is InChI=1S/C26H25NO2S/c1-19(25-17-22-14-8-9-15-24(22)30-25)23(16-20-10-4-2-5-11-20)27-26(28)29-18-21-12-6-3-7-13-21/h2-10,12-15,17,20,23H,1,11,16,18H2,(H,27,28)/t20?,23-/m0/s1. The Morgan fingerprint density at radius 1 is 1.13 bits per heavy atom. The summed E-state index contributed by atoms with van der Waals surface area (Å²) in [5.74, 6) is 0.362. The molecule has 0 saturated carbocycles. The molecule has 2 atom stereocenters. The molecule has 1 aromatic heterocycles. The number of ether oxygens (including phenoxy) is 1. The van der Waals surface area contributed by atoms with Crippen molar-refractivity contribution in [1.82, 2.24) is 5.32 Å². The second kappa shape index (κ2) is 9.59. The minimum Gasteiger partial charge on any atom is -0.445 e. The predicted octanol–water partition coefficient (Wildman–Crippen LogP) is 6.73. The van der Waals surface area contributed by atoms with Gasteiger partial charge in [-0.3, -0.25) is 0 Å². The molecule has 3 aromatic rings. The number of carbonyl (C=O) groups is 1. The maximum Gasteiger partial charge on any atom is 0.407 e. The second-order valence-corrected chi connectivity index (χ2v) is 8.56. The van der Waals surface area contributed by atoms with Gasteiger partial charge in [0.2, 0.25) is 0 Å². The van der Waals surface area contributed by atoms with Crippen LogP contribution in [0.15, 0.2) is 91.5 Å². The Morgan fingerprint density at radius 3 is 2.70 bits per heavy atom. The Bertz CT molecular complexity index is 1050. The van der Waals surface area contributed by atoms with Crippen molar-refractivity contribution in [3.8, 4) is 0 Å². The molecule has 0 spiro atoms. The van der Waals surface area contributed by atoms with E-state index in [1.807, 2.05) is 42.5 Å². The van der Waals surface area contributed by atoms with Crippen molar-refractivity contribution in [2.24, 2.45) is 5.92 Å². The number of rotatable bonds is 7. The highest BCUT2D eigenvalue weighted by Gasteiger charge is 2.22. The van der Waals surface area contributed by atoms with Crippen molar-refractivity contribution in [2.45, 2.75) is 25.5 Å². The molecule has 0 bridgehead atoms.